The number of carbonyl (C=O) groups excluding carboxylic acids is 1. The summed E-state index contributed by atoms with van der Waals surface area (Å²) in [6.45, 7) is 3.20. The number of hydrogen-bond acceptors (Lipinski definition) is 5. The zero-order valence-electron chi connectivity index (χ0n) is 14.2. The van der Waals surface area contributed by atoms with Gasteiger partial charge in [-0.2, -0.15) is 16.1 Å². The molecule has 0 radical (unpaired) electrons. The fourth-order valence-electron chi connectivity index (χ4n) is 2.55. The number of carbonyl (C=O) groups is 2. The van der Waals surface area contributed by atoms with Crippen LogP contribution in [0.25, 0.3) is 0 Å². The van der Waals surface area contributed by atoms with Crippen LogP contribution in [0.5, 0.6) is 0 Å². The minimum Gasteiger partial charge on any atom is -0.478 e. The smallest absolute Gasteiger partial charge is 0.335 e. The Kier molecular flexibility index (Phi) is 6.47. The van der Waals surface area contributed by atoms with Crippen molar-refractivity contribution in [3.05, 3.63) is 29.8 Å². The highest BCUT2D eigenvalue weighted by atomic mass is 32.2. The van der Waals surface area contributed by atoms with Crippen molar-refractivity contribution in [3.63, 3.8) is 0 Å². The van der Waals surface area contributed by atoms with Gasteiger partial charge in [-0.1, -0.05) is 6.92 Å². The minimum absolute atomic E-state index is 0.0391. The molecule has 1 heterocycles. The quantitative estimate of drug-likeness (QED) is 0.793. The standard InChI is InChI=1S/C16H22N2O5S2/c1-12(24-2)11-15(19)17-7-9-18(10-8-17)25(22,23)14-5-3-13(4-6-14)16(20)21/h3-6,12H,7-11H2,1-2H3,(H,20,21). The van der Waals surface area contributed by atoms with Crippen molar-refractivity contribution in [2.24, 2.45) is 0 Å². The van der Waals surface area contributed by atoms with Crippen molar-refractivity contribution in [1.29, 1.82) is 0 Å². The molecule has 1 aliphatic heterocycles. The van der Waals surface area contributed by atoms with E-state index in [0.717, 1.165) is 0 Å². The monoisotopic (exact) mass is 386 g/mol. The maximum absolute atomic E-state index is 12.6. The molecular formula is C16H22N2O5S2. The first-order valence-electron chi connectivity index (χ1n) is 7.89. The molecule has 1 unspecified atom stereocenters. The van der Waals surface area contributed by atoms with Crippen LogP contribution < -0.4 is 0 Å². The van der Waals surface area contributed by atoms with E-state index < -0.39 is 16.0 Å². The van der Waals surface area contributed by atoms with Crippen molar-refractivity contribution >= 4 is 33.7 Å². The van der Waals surface area contributed by atoms with Crippen molar-refractivity contribution < 1.29 is 23.1 Å². The zero-order chi connectivity index (χ0) is 18.6. The summed E-state index contributed by atoms with van der Waals surface area (Å²) in [6, 6.07) is 5.16. The van der Waals surface area contributed by atoms with Gasteiger partial charge in [0.1, 0.15) is 0 Å². The molecule has 1 aromatic rings. The van der Waals surface area contributed by atoms with Gasteiger partial charge in [-0.3, -0.25) is 4.79 Å². The third kappa shape index (κ3) is 4.74. The van der Waals surface area contributed by atoms with Gasteiger partial charge >= 0.3 is 5.97 Å². The van der Waals surface area contributed by atoms with Crippen LogP contribution >= 0.6 is 11.8 Å². The summed E-state index contributed by atoms with van der Waals surface area (Å²) in [4.78, 5) is 24.8. The van der Waals surface area contributed by atoms with Gasteiger partial charge < -0.3 is 10.0 Å². The van der Waals surface area contributed by atoms with Gasteiger partial charge in [0.05, 0.1) is 10.5 Å². The lowest BCUT2D eigenvalue weighted by Gasteiger charge is -2.34. The second kappa shape index (κ2) is 8.20. The molecule has 2 rings (SSSR count). The summed E-state index contributed by atoms with van der Waals surface area (Å²) in [5.41, 5.74) is 0.0391. The molecule has 0 aromatic heterocycles. The molecule has 0 spiro atoms. The highest BCUT2D eigenvalue weighted by Crippen LogP contribution is 2.19. The third-order valence-corrected chi connectivity index (χ3v) is 7.08. The molecule has 0 bridgehead atoms. The molecule has 1 aromatic carbocycles. The van der Waals surface area contributed by atoms with Gasteiger partial charge in [-0.05, 0) is 30.5 Å². The molecule has 0 aliphatic carbocycles. The number of hydrogen-bond donors (Lipinski definition) is 1. The summed E-state index contributed by atoms with van der Waals surface area (Å²) in [5.74, 6) is -1.06. The highest BCUT2D eigenvalue weighted by molar-refractivity contribution is 7.99. The Morgan fingerprint density at radius 3 is 2.20 bits per heavy atom. The van der Waals surface area contributed by atoms with Crippen molar-refractivity contribution in [2.75, 3.05) is 32.4 Å². The molecule has 1 fully saturated rings. The van der Waals surface area contributed by atoms with Gasteiger partial charge in [0.15, 0.2) is 0 Å². The summed E-state index contributed by atoms with van der Waals surface area (Å²) in [7, 11) is -3.68. The molecule has 7 nitrogen and oxygen atoms in total. The van der Waals surface area contributed by atoms with E-state index in [4.69, 9.17) is 5.11 Å². The molecule has 0 saturated carbocycles. The first kappa shape index (κ1) is 19.7. The topological polar surface area (TPSA) is 95.0 Å². The molecule has 25 heavy (non-hydrogen) atoms. The Bertz CT molecular complexity index is 725. The van der Waals surface area contributed by atoms with Gasteiger partial charge in [0.25, 0.3) is 0 Å². The summed E-state index contributed by atoms with van der Waals surface area (Å²) in [6.07, 6.45) is 2.41. The third-order valence-electron chi connectivity index (χ3n) is 4.19. The number of nitrogens with zero attached hydrogens (tertiary/aromatic N) is 2. The average Bonchev–Trinajstić information content (AvgIpc) is 2.61. The van der Waals surface area contributed by atoms with E-state index in [1.165, 1.54) is 28.6 Å². The number of amides is 1. The molecule has 138 valence electrons. The van der Waals surface area contributed by atoms with Gasteiger partial charge in [0.2, 0.25) is 15.9 Å². The second-order valence-corrected chi connectivity index (χ2v) is 9.08. The van der Waals surface area contributed by atoms with E-state index in [9.17, 15) is 18.0 Å². The fourth-order valence-corrected chi connectivity index (χ4v) is 4.29. The van der Waals surface area contributed by atoms with E-state index in [0.29, 0.717) is 19.5 Å². The first-order valence-corrected chi connectivity index (χ1v) is 10.6. The number of thioether (sulfide) groups is 1. The predicted octanol–water partition coefficient (Wildman–Crippen LogP) is 1.36. The number of rotatable bonds is 6. The predicted molar refractivity (Wildman–Crippen MR) is 96.3 cm³/mol. The Balaban J connectivity index is 2.01. The SMILES string of the molecule is CSC(C)CC(=O)N1CCN(S(=O)(=O)c2ccc(C(=O)O)cc2)CC1. The number of carboxylic acid groups (broad SMARTS) is 1. The van der Waals surface area contributed by atoms with Crippen molar-refractivity contribution in [1.82, 2.24) is 9.21 Å². The number of piperazine rings is 1. The highest BCUT2D eigenvalue weighted by Gasteiger charge is 2.30. The second-order valence-electron chi connectivity index (χ2n) is 5.86. The van der Waals surface area contributed by atoms with Crippen molar-refractivity contribution in [2.45, 2.75) is 23.5 Å². The van der Waals surface area contributed by atoms with Crippen molar-refractivity contribution in [3.8, 4) is 0 Å². The molecule has 1 atom stereocenters. The normalized spacial score (nSPS) is 17.3. The van der Waals surface area contributed by atoms with Crippen LogP contribution in [0.2, 0.25) is 0 Å². The van der Waals surface area contributed by atoms with E-state index in [2.05, 4.69) is 0 Å². The molecule has 9 heteroatoms. The number of sulfonamides is 1. The Labute approximate surface area is 152 Å². The van der Waals surface area contributed by atoms with E-state index >= 15 is 0 Å². The number of benzene rings is 1. The number of aromatic carboxylic acids is 1. The van der Waals surface area contributed by atoms with Crippen LogP contribution in [0.1, 0.15) is 23.7 Å². The van der Waals surface area contributed by atoms with Crippen LogP contribution in [0.3, 0.4) is 0 Å². The molecule has 1 amide bonds. The minimum atomic E-state index is -3.68. The first-order chi connectivity index (χ1) is 11.8. The van der Waals surface area contributed by atoms with Gasteiger partial charge in [0, 0.05) is 37.8 Å². The van der Waals surface area contributed by atoms with Gasteiger partial charge in [-0.15, -0.1) is 0 Å². The Morgan fingerprint density at radius 2 is 1.72 bits per heavy atom. The van der Waals surface area contributed by atoms with E-state index in [1.54, 1.807) is 16.7 Å². The lowest BCUT2D eigenvalue weighted by Crippen LogP contribution is -2.50. The molecule has 1 N–H and O–H groups in total. The van der Waals surface area contributed by atoms with E-state index in [-0.39, 0.29) is 34.7 Å². The average molecular weight is 386 g/mol. The molecule has 1 saturated heterocycles. The van der Waals surface area contributed by atoms with Crippen LogP contribution in [0, 0.1) is 0 Å². The maximum atomic E-state index is 12.6. The Morgan fingerprint density at radius 1 is 1.16 bits per heavy atom. The van der Waals surface area contributed by atoms with Crippen LogP contribution in [-0.4, -0.2) is 72.3 Å². The number of carboxylic acids is 1. The van der Waals surface area contributed by atoms with Crippen LogP contribution in [0.15, 0.2) is 29.2 Å². The summed E-state index contributed by atoms with van der Waals surface area (Å²) >= 11 is 1.63. The zero-order valence-corrected chi connectivity index (χ0v) is 15.8. The largest absolute Gasteiger partial charge is 0.478 e. The lowest BCUT2D eigenvalue weighted by atomic mass is 10.2. The summed E-state index contributed by atoms with van der Waals surface area (Å²) < 4.78 is 26.6. The molecular weight excluding hydrogens is 364 g/mol. The lowest BCUT2D eigenvalue weighted by molar-refractivity contribution is -0.132. The van der Waals surface area contributed by atoms with E-state index in [1.807, 2.05) is 13.2 Å². The maximum Gasteiger partial charge on any atom is 0.335 e. The van der Waals surface area contributed by atoms with Gasteiger partial charge in [-0.25, -0.2) is 13.2 Å². The van der Waals surface area contributed by atoms with Crippen LogP contribution in [-0.2, 0) is 14.8 Å². The summed E-state index contributed by atoms with van der Waals surface area (Å²) in [5, 5.41) is 9.13. The molecule has 1 aliphatic rings. The Hall–Kier alpha value is -1.58. The fraction of sp³-hybridized carbons (Fsp3) is 0.500. The van der Waals surface area contributed by atoms with Crippen LogP contribution in [0.4, 0.5) is 0 Å².